The van der Waals surface area contributed by atoms with E-state index in [0.717, 1.165) is 12.1 Å². The Morgan fingerprint density at radius 2 is 1.76 bits per heavy atom. The van der Waals surface area contributed by atoms with Crippen LogP contribution in [0.1, 0.15) is 37.3 Å². The summed E-state index contributed by atoms with van der Waals surface area (Å²) in [5.74, 6) is -0.846. The Balaban J connectivity index is 2.49. The number of nitrogens with zero attached hydrogens (tertiary/aromatic N) is 1. The number of aliphatic carboxylic acids is 1. The van der Waals surface area contributed by atoms with Crippen LogP contribution in [-0.4, -0.2) is 42.5 Å². The average Bonchev–Trinajstić information content (AvgIpc) is 2.43. The highest BCUT2D eigenvalue weighted by Crippen LogP contribution is 2.14. The average molecular weight is 292 g/mol. The van der Waals surface area contributed by atoms with Crippen molar-refractivity contribution >= 4 is 11.9 Å². The molecule has 5 nitrogen and oxygen atoms in total. The van der Waals surface area contributed by atoms with E-state index in [1.165, 1.54) is 0 Å². The number of carboxylic acids is 1. The molecular formula is C16H24N2O3. The summed E-state index contributed by atoms with van der Waals surface area (Å²) < 4.78 is 0. The van der Waals surface area contributed by atoms with Gasteiger partial charge in [0.2, 0.25) is 5.91 Å². The molecule has 116 valence electrons. The van der Waals surface area contributed by atoms with Gasteiger partial charge in [-0.1, -0.05) is 30.3 Å². The Hall–Kier alpha value is -1.88. The largest absolute Gasteiger partial charge is 0.481 e. The molecule has 0 saturated heterocycles. The van der Waals surface area contributed by atoms with E-state index in [-0.39, 0.29) is 18.4 Å². The first-order chi connectivity index (χ1) is 9.99. The second-order valence-electron chi connectivity index (χ2n) is 5.39. The highest BCUT2D eigenvalue weighted by atomic mass is 16.4. The Labute approximate surface area is 126 Å². The monoisotopic (exact) mass is 292 g/mol. The predicted molar refractivity (Wildman–Crippen MR) is 82.0 cm³/mol. The molecule has 1 unspecified atom stereocenters. The van der Waals surface area contributed by atoms with Crippen LogP contribution in [0, 0.1) is 0 Å². The van der Waals surface area contributed by atoms with Crippen LogP contribution in [0.4, 0.5) is 0 Å². The standard InChI is InChI=1S/C16H24N2O3/c1-18(2)12-14(13-8-4-3-5-9-13)17-15(19)10-6-7-11-16(20)21/h3-5,8-9,14H,6-7,10-12H2,1-2H3,(H,17,19)(H,20,21). The van der Waals surface area contributed by atoms with Crippen molar-refractivity contribution in [1.29, 1.82) is 0 Å². The van der Waals surface area contributed by atoms with E-state index < -0.39 is 5.97 Å². The van der Waals surface area contributed by atoms with Crippen molar-refractivity contribution in [2.24, 2.45) is 0 Å². The van der Waals surface area contributed by atoms with E-state index in [1.807, 2.05) is 49.3 Å². The van der Waals surface area contributed by atoms with Crippen molar-refractivity contribution in [2.75, 3.05) is 20.6 Å². The van der Waals surface area contributed by atoms with Gasteiger partial charge in [0.25, 0.3) is 0 Å². The zero-order valence-corrected chi connectivity index (χ0v) is 12.7. The van der Waals surface area contributed by atoms with Gasteiger partial charge in [0.1, 0.15) is 0 Å². The van der Waals surface area contributed by atoms with E-state index in [1.54, 1.807) is 0 Å². The van der Waals surface area contributed by atoms with Gasteiger partial charge in [0, 0.05) is 19.4 Å². The number of amides is 1. The number of carbonyl (C=O) groups is 2. The maximum absolute atomic E-state index is 12.0. The molecule has 21 heavy (non-hydrogen) atoms. The minimum atomic E-state index is -0.815. The SMILES string of the molecule is CN(C)CC(NC(=O)CCCCC(=O)O)c1ccccc1. The maximum atomic E-state index is 12.0. The lowest BCUT2D eigenvalue weighted by Crippen LogP contribution is -2.35. The smallest absolute Gasteiger partial charge is 0.303 e. The maximum Gasteiger partial charge on any atom is 0.303 e. The van der Waals surface area contributed by atoms with Crippen molar-refractivity contribution in [3.8, 4) is 0 Å². The lowest BCUT2D eigenvalue weighted by atomic mass is 10.1. The van der Waals surface area contributed by atoms with Crippen LogP contribution >= 0.6 is 0 Å². The second-order valence-corrected chi connectivity index (χ2v) is 5.39. The third-order valence-corrected chi connectivity index (χ3v) is 3.13. The summed E-state index contributed by atoms with van der Waals surface area (Å²) in [5, 5.41) is 11.6. The summed E-state index contributed by atoms with van der Waals surface area (Å²) in [6.07, 6.45) is 1.62. The van der Waals surface area contributed by atoms with Gasteiger partial charge >= 0.3 is 5.97 Å². The molecule has 1 aromatic rings. The molecule has 0 spiro atoms. The molecule has 0 fully saturated rings. The Bertz CT molecular complexity index is 446. The topological polar surface area (TPSA) is 69.6 Å². The van der Waals surface area contributed by atoms with Gasteiger partial charge < -0.3 is 15.3 Å². The van der Waals surface area contributed by atoms with Crippen molar-refractivity contribution in [3.05, 3.63) is 35.9 Å². The lowest BCUT2D eigenvalue weighted by Gasteiger charge is -2.23. The van der Waals surface area contributed by atoms with Gasteiger partial charge in [-0.05, 0) is 32.5 Å². The van der Waals surface area contributed by atoms with Crippen LogP contribution in [0.25, 0.3) is 0 Å². The first kappa shape index (κ1) is 17.2. The number of hydrogen-bond acceptors (Lipinski definition) is 3. The quantitative estimate of drug-likeness (QED) is 0.683. The number of rotatable bonds is 9. The van der Waals surface area contributed by atoms with E-state index in [9.17, 15) is 9.59 Å². The van der Waals surface area contributed by atoms with Crippen molar-refractivity contribution in [1.82, 2.24) is 10.2 Å². The summed E-state index contributed by atoms with van der Waals surface area (Å²) in [5.41, 5.74) is 1.07. The molecular weight excluding hydrogens is 268 g/mol. The van der Waals surface area contributed by atoms with E-state index in [0.29, 0.717) is 19.3 Å². The fourth-order valence-electron chi connectivity index (χ4n) is 2.11. The van der Waals surface area contributed by atoms with Crippen molar-refractivity contribution in [3.63, 3.8) is 0 Å². The molecule has 0 aliphatic carbocycles. The Morgan fingerprint density at radius 3 is 2.33 bits per heavy atom. The number of carbonyl (C=O) groups excluding carboxylic acids is 1. The van der Waals surface area contributed by atoms with Crippen molar-refractivity contribution in [2.45, 2.75) is 31.7 Å². The zero-order valence-electron chi connectivity index (χ0n) is 12.7. The van der Waals surface area contributed by atoms with E-state index in [2.05, 4.69) is 5.32 Å². The minimum absolute atomic E-state index is 0.0314. The molecule has 0 aromatic heterocycles. The van der Waals surface area contributed by atoms with Crippen LogP contribution in [0.5, 0.6) is 0 Å². The fraction of sp³-hybridized carbons (Fsp3) is 0.500. The molecule has 0 heterocycles. The molecule has 1 amide bonds. The fourth-order valence-corrected chi connectivity index (χ4v) is 2.11. The van der Waals surface area contributed by atoms with Crippen LogP contribution < -0.4 is 5.32 Å². The number of hydrogen-bond donors (Lipinski definition) is 2. The van der Waals surface area contributed by atoms with Gasteiger partial charge in [0.15, 0.2) is 0 Å². The zero-order chi connectivity index (χ0) is 15.7. The number of likely N-dealkylation sites (N-methyl/N-ethyl adjacent to an activating group) is 1. The van der Waals surface area contributed by atoms with E-state index in [4.69, 9.17) is 5.11 Å². The summed E-state index contributed by atoms with van der Waals surface area (Å²) in [4.78, 5) is 24.4. The molecule has 0 aliphatic rings. The molecule has 1 rings (SSSR count). The molecule has 0 saturated carbocycles. The van der Waals surface area contributed by atoms with Gasteiger partial charge in [-0.3, -0.25) is 9.59 Å². The summed E-state index contributed by atoms with van der Waals surface area (Å²) in [6.45, 7) is 0.727. The van der Waals surface area contributed by atoms with Gasteiger partial charge in [-0.15, -0.1) is 0 Å². The first-order valence-corrected chi connectivity index (χ1v) is 7.20. The van der Waals surface area contributed by atoms with Gasteiger partial charge in [0.05, 0.1) is 6.04 Å². The Morgan fingerprint density at radius 1 is 1.14 bits per heavy atom. The summed E-state index contributed by atoms with van der Waals surface area (Å²) >= 11 is 0. The number of carboxylic acid groups (broad SMARTS) is 1. The predicted octanol–water partition coefficient (Wildman–Crippen LogP) is 2.05. The van der Waals surface area contributed by atoms with Crippen LogP contribution in [0.2, 0.25) is 0 Å². The van der Waals surface area contributed by atoms with E-state index >= 15 is 0 Å². The third-order valence-electron chi connectivity index (χ3n) is 3.13. The highest BCUT2D eigenvalue weighted by Gasteiger charge is 2.15. The second kappa shape index (κ2) is 9.13. The molecule has 1 aromatic carbocycles. The minimum Gasteiger partial charge on any atom is -0.481 e. The van der Waals surface area contributed by atoms with Gasteiger partial charge in [-0.25, -0.2) is 0 Å². The summed E-state index contributed by atoms with van der Waals surface area (Å²) in [7, 11) is 3.93. The van der Waals surface area contributed by atoms with Crippen LogP contribution in [-0.2, 0) is 9.59 Å². The third kappa shape index (κ3) is 7.46. The molecule has 0 radical (unpaired) electrons. The number of unbranched alkanes of at least 4 members (excludes halogenated alkanes) is 1. The molecule has 2 N–H and O–H groups in total. The normalized spacial score (nSPS) is 12.1. The Kier molecular flexibility index (Phi) is 7.46. The summed E-state index contributed by atoms with van der Waals surface area (Å²) in [6, 6.07) is 9.81. The lowest BCUT2D eigenvalue weighted by molar-refractivity contribution is -0.137. The molecule has 5 heteroatoms. The first-order valence-electron chi connectivity index (χ1n) is 7.20. The van der Waals surface area contributed by atoms with Crippen LogP contribution in [0.3, 0.4) is 0 Å². The molecule has 1 atom stereocenters. The van der Waals surface area contributed by atoms with Gasteiger partial charge in [-0.2, -0.15) is 0 Å². The number of benzene rings is 1. The van der Waals surface area contributed by atoms with Crippen molar-refractivity contribution < 1.29 is 14.7 Å². The van der Waals surface area contributed by atoms with Crippen LogP contribution in [0.15, 0.2) is 30.3 Å². The molecule has 0 bridgehead atoms. The number of nitrogens with one attached hydrogen (secondary N) is 1. The molecule has 0 aliphatic heterocycles. The highest BCUT2D eigenvalue weighted by molar-refractivity contribution is 5.76.